The van der Waals surface area contributed by atoms with Gasteiger partial charge in [-0.05, 0) is 40.6 Å². The molecule has 0 N–H and O–H groups in total. The first kappa shape index (κ1) is 15.6. The Labute approximate surface area is 133 Å². The Morgan fingerprint density at radius 2 is 2.05 bits per heavy atom. The van der Waals surface area contributed by atoms with Gasteiger partial charge in [-0.3, -0.25) is 9.78 Å². The van der Waals surface area contributed by atoms with Gasteiger partial charge in [0.2, 0.25) is 0 Å². The first-order valence-corrected chi connectivity index (χ1v) is 8.99. The van der Waals surface area contributed by atoms with E-state index in [2.05, 4.69) is 20.9 Å². The van der Waals surface area contributed by atoms with Gasteiger partial charge < -0.3 is 4.74 Å². The van der Waals surface area contributed by atoms with Gasteiger partial charge in [0.25, 0.3) is 0 Å². The van der Waals surface area contributed by atoms with Gasteiger partial charge in [-0.25, -0.2) is 4.79 Å². The molecule has 20 heavy (non-hydrogen) atoms. The van der Waals surface area contributed by atoms with Crippen LogP contribution in [0.15, 0.2) is 32.6 Å². The molecule has 0 spiro atoms. The molecule has 0 bridgehead atoms. The summed E-state index contributed by atoms with van der Waals surface area (Å²) >= 11 is 6.05. The first-order valence-electron chi connectivity index (χ1n) is 5.74. The highest BCUT2D eigenvalue weighted by atomic mass is 79.9. The molecule has 106 valence electrons. The van der Waals surface area contributed by atoms with Crippen LogP contribution in [-0.2, 0) is 14.3 Å². The summed E-state index contributed by atoms with van der Waals surface area (Å²) in [5.41, 5.74) is 0.752. The molecule has 1 saturated heterocycles. The van der Waals surface area contributed by atoms with Crippen molar-refractivity contribution in [3.63, 3.8) is 0 Å². The first-order chi connectivity index (χ1) is 9.56. The van der Waals surface area contributed by atoms with E-state index in [-0.39, 0.29) is 17.8 Å². The maximum Gasteiger partial charge on any atom is 0.344 e. The minimum absolute atomic E-state index is 0.139. The number of hydrogen-bond acceptors (Lipinski definition) is 6. The fourth-order valence-electron chi connectivity index (χ4n) is 1.84. The van der Waals surface area contributed by atoms with Crippen LogP contribution in [0.3, 0.4) is 0 Å². The normalized spacial score (nSPS) is 18.9. The molecule has 1 aromatic heterocycles. The van der Waals surface area contributed by atoms with Gasteiger partial charge in [0.1, 0.15) is 5.57 Å². The van der Waals surface area contributed by atoms with Crippen molar-refractivity contribution >= 4 is 51.2 Å². The molecule has 0 amide bonds. The smallest absolute Gasteiger partial charge is 0.344 e. The number of cyclic esters (lactones) is 1. The number of ether oxygens (including phenoxy) is 1. The average molecular weight is 374 g/mol. The van der Waals surface area contributed by atoms with Gasteiger partial charge in [0, 0.05) is 10.7 Å². The lowest BCUT2D eigenvalue weighted by Gasteiger charge is -2.23. The SMILES string of the molecule is CSC(SC)=C1C(=O)CC(c2ccc(Br)cn2)OC1=O. The lowest BCUT2D eigenvalue weighted by Crippen LogP contribution is -2.28. The predicted molar refractivity (Wildman–Crippen MR) is 84.5 cm³/mol. The molecule has 1 fully saturated rings. The molecule has 1 aliphatic heterocycles. The van der Waals surface area contributed by atoms with Crippen LogP contribution in [0.4, 0.5) is 0 Å². The van der Waals surface area contributed by atoms with Crippen LogP contribution in [0, 0.1) is 0 Å². The molecule has 0 aromatic carbocycles. The van der Waals surface area contributed by atoms with E-state index in [9.17, 15) is 9.59 Å². The summed E-state index contributed by atoms with van der Waals surface area (Å²) in [6.45, 7) is 0. The Kier molecular flexibility index (Phi) is 5.29. The highest BCUT2D eigenvalue weighted by molar-refractivity contribution is 9.10. The molecule has 1 atom stereocenters. The second-order valence-corrected chi connectivity index (χ2v) is 6.80. The number of halogens is 1. The Balaban J connectivity index is 2.26. The van der Waals surface area contributed by atoms with Crippen LogP contribution in [0.25, 0.3) is 0 Å². The van der Waals surface area contributed by atoms with Crippen molar-refractivity contribution in [1.29, 1.82) is 0 Å². The number of aromatic nitrogens is 1. The second-order valence-electron chi connectivity index (χ2n) is 3.99. The fourth-order valence-corrected chi connectivity index (χ4v) is 3.55. The summed E-state index contributed by atoms with van der Waals surface area (Å²) in [5.74, 6) is -0.746. The van der Waals surface area contributed by atoms with Crippen molar-refractivity contribution in [3.05, 3.63) is 38.3 Å². The molecule has 2 rings (SSSR count). The average Bonchev–Trinajstić information content (AvgIpc) is 2.43. The number of thioether (sulfide) groups is 2. The number of ketones is 1. The van der Waals surface area contributed by atoms with Gasteiger partial charge in [0.05, 0.1) is 16.4 Å². The van der Waals surface area contributed by atoms with Crippen molar-refractivity contribution in [2.45, 2.75) is 12.5 Å². The van der Waals surface area contributed by atoms with E-state index in [0.717, 1.165) is 4.47 Å². The number of hydrogen-bond donors (Lipinski definition) is 0. The highest BCUT2D eigenvalue weighted by Gasteiger charge is 2.35. The molecule has 1 aromatic rings. The molecule has 2 heterocycles. The quantitative estimate of drug-likeness (QED) is 0.460. The maximum atomic E-state index is 12.2. The van der Waals surface area contributed by atoms with E-state index < -0.39 is 12.1 Å². The summed E-state index contributed by atoms with van der Waals surface area (Å²) in [7, 11) is 0. The molecule has 1 unspecified atom stereocenters. The molecule has 0 aliphatic carbocycles. The monoisotopic (exact) mass is 373 g/mol. The Morgan fingerprint density at radius 3 is 2.55 bits per heavy atom. The Bertz CT molecular complexity index is 545. The fraction of sp³-hybridized carbons (Fsp3) is 0.308. The number of carbonyl (C=O) groups is 2. The number of esters is 1. The zero-order chi connectivity index (χ0) is 14.7. The van der Waals surface area contributed by atoms with E-state index in [4.69, 9.17) is 4.74 Å². The zero-order valence-electron chi connectivity index (χ0n) is 10.9. The third-order valence-electron chi connectivity index (χ3n) is 2.76. The topological polar surface area (TPSA) is 56.3 Å². The largest absolute Gasteiger partial charge is 0.452 e. The van der Waals surface area contributed by atoms with Gasteiger partial charge in [-0.1, -0.05) is 0 Å². The number of Topliss-reactive ketones (excluding diaryl/α,β-unsaturated/α-hetero) is 1. The lowest BCUT2D eigenvalue weighted by molar-refractivity contribution is -0.151. The van der Waals surface area contributed by atoms with Crippen molar-refractivity contribution in [1.82, 2.24) is 4.98 Å². The Hall–Kier alpha value is -0.790. The predicted octanol–water partition coefficient (Wildman–Crippen LogP) is 3.34. The van der Waals surface area contributed by atoms with Crippen LogP contribution in [0.5, 0.6) is 0 Å². The molecule has 4 nitrogen and oxygen atoms in total. The number of rotatable bonds is 3. The van der Waals surface area contributed by atoms with E-state index in [0.29, 0.717) is 9.93 Å². The Morgan fingerprint density at radius 1 is 1.35 bits per heavy atom. The van der Waals surface area contributed by atoms with Gasteiger partial charge in [-0.2, -0.15) is 0 Å². The van der Waals surface area contributed by atoms with Gasteiger partial charge in [0.15, 0.2) is 11.9 Å². The van der Waals surface area contributed by atoms with Crippen LogP contribution >= 0.6 is 39.5 Å². The summed E-state index contributed by atoms with van der Waals surface area (Å²) in [4.78, 5) is 28.4. The third-order valence-corrected chi connectivity index (χ3v) is 5.38. The number of pyridine rings is 1. The van der Waals surface area contributed by atoms with Crippen LogP contribution in [0.2, 0.25) is 0 Å². The minimum Gasteiger partial charge on any atom is -0.452 e. The number of nitrogens with zero attached hydrogens (tertiary/aromatic N) is 1. The molecular formula is C13H12BrNO3S2. The minimum atomic E-state index is -0.600. The summed E-state index contributed by atoms with van der Waals surface area (Å²) in [6, 6.07) is 3.55. The van der Waals surface area contributed by atoms with E-state index in [1.54, 1.807) is 18.3 Å². The molecule has 7 heteroatoms. The van der Waals surface area contributed by atoms with Gasteiger partial charge >= 0.3 is 5.97 Å². The van der Waals surface area contributed by atoms with E-state index >= 15 is 0 Å². The van der Waals surface area contributed by atoms with E-state index in [1.165, 1.54) is 23.5 Å². The van der Waals surface area contributed by atoms with Crippen molar-refractivity contribution in [2.24, 2.45) is 0 Å². The van der Waals surface area contributed by atoms with Crippen LogP contribution in [0.1, 0.15) is 18.2 Å². The van der Waals surface area contributed by atoms with Crippen molar-refractivity contribution in [3.8, 4) is 0 Å². The molecule has 0 saturated carbocycles. The summed E-state index contributed by atoms with van der Waals surface area (Å²) < 4.78 is 6.89. The highest BCUT2D eigenvalue weighted by Crippen LogP contribution is 2.35. The second kappa shape index (κ2) is 6.78. The molecular weight excluding hydrogens is 362 g/mol. The number of carbonyl (C=O) groups excluding carboxylic acids is 2. The third kappa shape index (κ3) is 3.27. The van der Waals surface area contributed by atoms with Gasteiger partial charge in [-0.15, -0.1) is 23.5 Å². The van der Waals surface area contributed by atoms with Crippen molar-refractivity contribution in [2.75, 3.05) is 12.5 Å². The molecule has 1 aliphatic rings. The maximum absolute atomic E-state index is 12.2. The van der Waals surface area contributed by atoms with Crippen LogP contribution in [-0.4, -0.2) is 29.2 Å². The van der Waals surface area contributed by atoms with Crippen LogP contribution < -0.4 is 0 Å². The van der Waals surface area contributed by atoms with E-state index in [1.807, 2.05) is 12.5 Å². The zero-order valence-corrected chi connectivity index (χ0v) is 14.1. The summed E-state index contributed by atoms with van der Waals surface area (Å²) in [6.07, 6.45) is 4.83. The lowest BCUT2D eigenvalue weighted by atomic mass is 10.0. The van der Waals surface area contributed by atoms with Crippen molar-refractivity contribution < 1.29 is 14.3 Å². The standard InChI is InChI=1S/C13H12BrNO3S2/c1-19-13(20-2)11-9(16)5-10(18-12(11)17)8-4-3-7(14)6-15-8/h3-4,6,10H,5H2,1-2H3. The molecule has 0 radical (unpaired) electrons. The summed E-state index contributed by atoms with van der Waals surface area (Å²) in [5, 5.41) is 0.